The highest BCUT2D eigenvalue weighted by atomic mass is 16.5. The molecule has 2 N–H and O–H groups in total. The van der Waals surface area contributed by atoms with Gasteiger partial charge in [0, 0.05) is 6.54 Å². The van der Waals surface area contributed by atoms with Gasteiger partial charge in [-0.25, -0.2) is 0 Å². The van der Waals surface area contributed by atoms with E-state index in [1.165, 1.54) is 11.1 Å². The summed E-state index contributed by atoms with van der Waals surface area (Å²) >= 11 is 0. The van der Waals surface area contributed by atoms with Crippen molar-refractivity contribution in [2.45, 2.75) is 20.4 Å². The zero-order valence-corrected chi connectivity index (χ0v) is 12.1. The zero-order valence-electron chi connectivity index (χ0n) is 12.1. The Morgan fingerprint density at radius 2 is 1.50 bits per heavy atom. The van der Waals surface area contributed by atoms with Crippen LogP contribution in [0.4, 0.5) is 0 Å². The summed E-state index contributed by atoms with van der Waals surface area (Å²) in [6.45, 7) is 5.69. The van der Waals surface area contributed by atoms with Crippen LogP contribution in [0.2, 0.25) is 0 Å². The molecular formula is C17H21NO2. The summed E-state index contributed by atoms with van der Waals surface area (Å²) in [6.07, 6.45) is 0. The smallest absolute Gasteiger partial charge is 0.122 e. The topological polar surface area (TPSA) is 44.5 Å². The minimum Gasteiger partial charge on any atom is -0.490 e. The van der Waals surface area contributed by atoms with Crippen molar-refractivity contribution >= 4 is 0 Å². The molecule has 3 nitrogen and oxygen atoms in total. The zero-order chi connectivity index (χ0) is 14.4. The van der Waals surface area contributed by atoms with E-state index in [4.69, 9.17) is 15.2 Å². The van der Waals surface area contributed by atoms with E-state index in [0.29, 0.717) is 19.8 Å². The Kier molecular flexibility index (Phi) is 5.02. The van der Waals surface area contributed by atoms with E-state index in [2.05, 4.69) is 19.9 Å². The van der Waals surface area contributed by atoms with Gasteiger partial charge in [-0.1, -0.05) is 18.2 Å². The third-order valence-electron chi connectivity index (χ3n) is 2.95. The molecule has 0 atom stereocenters. The molecule has 0 heterocycles. The Hall–Kier alpha value is -2.00. The molecule has 0 aliphatic carbocycles. The second-order valence-corrected chi connectivity index (χ2v) is 4.87. The van der Waals surface area contributed by atoms with E-state index >= 15 is 0 Å². The molecule has 0 aromatic heterocycles. The summed E-state index contributed by atoms with van der Waals surface area (Å²) in [4.78, 5) is 0. The van der Waals surface area contributed by atoms with Gasteiger partial charge in [0.15, 0.2) is 0 Å². The van der Waals surface area contributed by atoms with Crippen LogP contribution in [0, 0.1) is 13.8 Å². The molecule has 20 heavy (non-hydrogen) atoms. The molecule has 3 heteroatoms. The fourth-order valence-corrected chi connectivity index (χ4v) is 2.10. The molecule has 0 bridgehead atoms. The molecule has 2 rings (SSSR count). The fourth-order valence-electron chi connectivity index (χ4n) is 2.10. The van der Waals surface area contributed by atoms with Gasteiger partial charge < -0.3 is 15.2 Å². The third kappa shape index (κ3) is 4.28. The van der Waals surface area contributed by atoms with Crippen LogP contribution < -0.4 is 15.2 Å². The lowest BCUT2D eigenvalue weighted by molar-refractivity contribution is 0.217. The lowest BCUT2D eigenvalue weighted by atomic mass is 10.1. The Morgan fingerprint density at radius 3 is 2.15 bits per heavy atom. The summed E-state index contributed by atoms with van der Waals surface area (Å²) in [5, 5.41) is 0. The van der Waals surface area contributed by atoms with E-state index < -0.39 is 0 Å². The van der Waals surface area contributed by atoms with Crippen LogP contribution in [0.25, 0.3) is 0 Å². The highest BCUT2D eigenvalue weighted by Crippen LogP contribution is 2.16. The molecule has 0 saturated carbocycles. The van der Waals surface area contributed by atoms with Crippen LogP contribution in [0.5, 0.6) is 11.5 Å². The average molecular weight is 271 g/mol. The van der Waals surface area contributed by atoms with Crippen molar-refractivity contribution in [3.8, 4) is 11.5 Å². The molecule has 0 fully saturated rings. The van der Waals surface area contributed by atoms with Crippen molar-refractivity contribution in [2.24, 2.45) is 5.73 Å². The molecule has 106 valence electrons. The van der Waals surface area contributed by atoms with Crippen LogP contribution in [0.1, 0.15) is 16.7 Å². The van der Waals surface area contributed by atoms with Crippen molar-refractivity contribution in [3.63, 3.8) is 0 Å². The first-order valence-corrected chi connectivity index (χ1v) is 6.80. The highest BCUT2D eigenvalue weighted by molar-refractivity contribution is 5.33. The minimum absolute atomic E-state index is 0.515. The number of nitrogens with two attached hydrogens (primary N) is 1. The van der Waals surface area contributed by atoms with E-state index in [0.717, 1.165) is 17.1 Å². The average Bonchev–Trinajstić information content (AvgIpc) is 2.43. The molecule has 0 unspecified atom stereocenters. The van der Waals surface area contributed by atoms with Gasteiger partial charge in [0.2, 0.25) is 0 Å². The molecule has 0 radical (unpaired) electrons. The molecule has 2 aromatic carbocycles. The molecule has 0 aliphatic heterocycles. The van der Waals surface area contributed by atoms with Crippen molar-refractivity contribution in [3.05, 3.63) is 59.2 Å². The molecule has 0 spiro atoms. The van der Waals surface area contributed by atoms with Crippen molar-refractivity contribution in [2.75, 3.05) is 13.2 Å². The highest BCUT2D eigenvalue weighted by Gasteiger charge is 1.99. The van der Waals surface area contributed by atoms with Gasteiger partial charge in [0.05, 0.1) is 0 Å². The first-order valence-electron chi connectivity index (χ1n) is 6.80. The summed E-state index contributed by atoms with van der Waals surface area (Å²) in [7, 11) is 0. The number of hydrogen-bond acceptors (Lipinski definition) is 3. The van der Waals surface area contributed by atoms with Crippen LogP contribution in [0.3, 0.4) is 0 Å². The maximum atomic E-state index is 5.70. The molecule has 2 aromatic rings. The largest absolute Gasteiger partial charge is 0.490 e. The summed E-state index contributed by atoms with van der Waals surface area (Å²) in [5.41, 5.74) is 9.08. The first kappa shape index (κ1) is 14.4. The maximum Gasteiger partial charge on any atom is 0.122 e. The Morgan fingerprint density at radius 1 is 0.850 bits per heavy atom. The number of ether oxygens (including phenoxy) is 2. The minimum atomic E-state index is 0.515. The predicted octanol–water partition coefficient (Wildman–Crippen LogP) is 3.22. The standard InChI is InChI=1S/C17H21NO2/c1-13-8-14(2)10-17(9-13)20-7-6-19-16-5-3-4-15(11-16)12-18/h3-5,8-11H,6-7,12,18H2,1-2H3. The first-order chi connectivity index (χ1) is 9.67. The van der Waals surface area contributed by atoms with Crippen LogP contribution in [-0.2, 0) is 6.54 Å². The molecular weight excluding hydrogens is 250 g/mol. The van der Waals surface area contributed by atoms with Crippen molar-refractivity contribution in [1.29, 1.82) is 0 Å². The summed E-state index contributed by atoms with van der Waals surface area (Å²) in [5.74, 6) is 1.72. The number of benzene rings is 2. The van der Waals surface area contributed by atoms with E-state index in [1.807, 2.05) is 36.4 Å². The van der Waals surface area contributed by atoms with Gasteiger partial charge in [-0.2, -0.15) is 0 Å². The summed E-state index contributed by atoms with van der Waals surface area (Å²) in [6, 6.07) is 14.0. The number of aryl methyl sites for hydroxylation is 2. The van der Waals surface area contributed by atoms with Gasteiger partial charge in [0.25, 0.3) is 0 Å². The summed E-state index contributed by atoms with van der Waals surface area (Å²) < 4.78 is 11.3. The molecule has 0 aliphatic rings. The Bertz CT molecular complexity index is 546. The molecule has 0 amide bonds. The van der Waals surface area contributed by atoms with Gasteiger partial charge in [-0.15, -0.1) is 0 Å². The van der Waals surface area contributed by atoms with Crippen LogP contribution >= 0.6 is 0 Å². The fraction of sp³-hybridized carbons (Fsp3) is 0.294. The monoisotopic (exact) mass is 271 g/mol. The lowest BCUT2D eigenvalue weighted by Gasteiger charge is -2.10. The van der Waals surface area contributed by atoms with Crippen molar-refractivity contribution in [1.82, 2.24) is 0 Å². The predicted molar refractivity (Wildman–Crippen MR) is 81.2 cm³/mol. The SMILES string of the molecule is Cc1cc(C)cc(OCCOc2cccc(CN)c2)c1. The Labute approximate surface area is 120 Å². The van der Waals surface area contributed by atoms with Gasteiger partial charge in [-0.3, -0.25) is 0 Å². The third-order valence-corrected chi connectivity index (χ3v) is 2.95. The van der Waals surface area contributed by atoms with Crippen molar-refractivity contribution < 1.29 is 9.47 Å². The number of rotatable bonds is 6. The van der Waals surface area contributed by atoms with Crippen LogP contribution in [-0.4, -0.2) is 13.2 Å². The van der Waals surface area contributed by atoms with Gasteiger partial charge >= 0.3 is 0 Å². The van der Waals surface area contributed by atoms with Crippen LogP contribution in [0.15, 0.2) is 42.5 Å². The molecule has 0 saturated heterocycles. The Balaban J connectivity index is 1.81. The second-order valence-electron chi connectivity index (χ2n) is 4.87. The quantitative estimate of drug-likeness (QED) is 0.820. The van der Waals surface area contributed by atoms with Gasteiger partial charge in [0.1, 0.15) is 24.7 Å². The normalized spacial score (nSPS) is 10.3. The number of hydrogen-bond donors (Lipinski definition) is 1. The maximum absolute atomic E-state index is 5.70. The van der Waals surface area contributed by atoms with Gasteiger partial charge in [-0.05, 0) is 54.8 Å². The second kappa shape index (κ2) is 6.96. The lowest BCUT2D eigenvalue weighted by Crippen LogP contribution is -2.09. The van der Waals surface area contributed by atoms with E-state index in [1.54, 1.807) is 0 Å². The van der Waals surface area contributed by atoms with E-state index in [9.17, 15) is 0 Å². The van der Waals surface area contributed by atoms with E-state index in [-0.39, 0.29) is 0 Å².